The van der Waals surface area contributed by atoms with Gasteiger partial charge in [0.2, 0.25) is 5.91 Å². The maximum atomic E-state index is 13.2. The van der Waals surface area contributed by atoms with Crippen LogP contribution in [-0.2, 0) is 30.3 Å². The van der Waals surface area contributed by atoms with Crippen molar-refractivity contribution in [2.45, 2.75) is 65.0 Å². The average molecular weight is 661 g/mol. The molecule has 1 saturated heterocycles. The number of benzene rings is 1. The van der Waals surface area contributed by atoms with E-state index in [9.17, 15) is 14.4 Å². The Balaban J connectivity index is 1.10. The van der Waals surface area contributed by atoms with Crippen LogP contribution >= 0.6 is 0 Å². The second kappa shape index (κ2) is 18.8. The van der Waals surface area contributed by atoms with Gasteiger partial charge >= 0.3 is 5.97 Å². The third kappa shape index (κ3) is 12.6. The standard InChI is InChI=1S/C36H48N6O6/c1-36(2,3)48-34(44)27-47-24-23-46-22-21-42-32(26-39-40-42)30-10-12-31(13-11-30)35(45)41-19-15-28(16-20-41)7-4-5-18-38-33(43)14-9-29-8-6-17-37-25-29/h6,8-14,17,25-26,28H,4-5,7,15-16,18-24,27H2,1-3H3,(H,38,43)/b14-9+. The quantitative estimate of drug-likeness (QED) is 0.125. The molecule has 0 atom stereocenters. The molecule has 1 aliphatic rings. The van der Waals surface area contributed by atoms with E-state index in [0.29, 0.717) is 37.8 Å². The highest BCUT2D eigenvalue weighted by Crippen LogP contribution is 2.25. The topological polar surface area (TPSA) is 138 Å². The van der Waals surface area contributed by atoms with Crippen molar-refractivity contribution in [3.63, 3.8) is 0 Å². The summed E-state index contributed by atoms with van der Waals surface area (Å²) in [4.78, 5) is 42.9. The fourth-order valence-electron chi connectivity index (χ4n) is 5.41. The van der Waals surface area contributed by atoms with Gasteiger partial charge in [-0.25, -0.2) is 9.48 Å². The summed E-state index contributed by atoms with van der Waals surface area (Å²) in [5, 5.41) is 11.2. The fraction of sp³-hybridized carbons (Fsp3) is 0.500. The van der Waals surface area contributed by atoms with Crippen LogP contribution in [0.25, 0.3) is 17.3 Å². The summed E-state index contributed by atoms with van der Waals surface area (Å²) < 4.78 is 17.9. The molecular weight excluding hydrogens is 612 g/mol. The van der Waals surface area contributed by atoms with Gasteiger partial charge < -0.3 is 24.4 Å². The molecule has 0 saturated carbocycles. The lowest BCUT2D eigenvalue weighted by molar-refractivity contribution is -0.160. The first-order valence-electron chi connectivity index (χ1n) is 16.7. The van der Waals surface area contributed by atoms with Crippen molar-refractivity contribution in [2.75, 3.05) is 46.1 Å². The summed E-state index contributed by atoms with van der Waals surface area (Å²) in [7, 11) is 0. The van der Waals surface area contributed by atoms with Gasteiger partial charge in [0.25, 0.3) is 5.91 Å². The second-order valence-electron chi connectivity index (χ2n) is 12.8. The first-order valence-corrected chi connectivity index (χ1v) is 16.7. The van der Waals surface area contributed by atoms with Crippen LogP contribution in [0.2, 0.25) is 0 Å². The summed E-state index contributed by atoms with van der Waals surface area (Å²) in [6, 6.07) is 11.3. The summed E-state index contributed by atoms with van der Waals surface area (Å²) in [6.07, 6.45) is 13.5. The molecule has 3 heterocycles. The second-order valence-corrected chi connectivity index (χ2v) is 12.8. The van der Waals surface area contributed by atoms with Gasteiger partial charge in [0.15, 0.2) is 0 Å². The van der Waals surface area contributed by atoms with Crippen molar-refractivity contribution in [3.05, 3.63) is 72.2 Å². The number of aromatic nitrogens is 4. The minimum Gasteiger partial charge on any atom is -0.458 e. The number of hydrogen-bond donors (Lipinski definition) is 1. The Labute approximate surface area is 282 Å². The smallest absolute Gasteiger partial charge is 0.332 e. The molecule has 12 nitrogen and oxygen atoms in total. The fourth-order valence-corrected chi connectivity index (χ4v) is 5.41. The van der Waals surface area contributed by atoms with Crippen molar-refractivity contribution < 1.29 is 28.6 Å². The first-order chi connectivity index (χ1) is 23.2. The van der Waals surface area contributed by atoms with Crippen LogP contribution in [-0.4, -0.2) is 94.3 Å². The Morgan fingerprint density at radius 1 is 0.979 bits per heavy atom. The van der Waals surface area contributed by atoms with Crippen LogP contribution in [0, 0.1) is 5.92 Å². The molecule has 258 valence electrons. The highest BCUT2D eigenvalue weighted by Gasteiger charge is 2.23. The van der Waals surface area contributed by atoms with Crippen LogP contribution in [0.4, 0.5) is 0 Å². The SMILES string of the molecule is CC(C)(C)OC(=O)COCCOCCn1nncc1-c1ccc(C(=O)N2CCC(CCCCNC(=O)/C=C/c3cccnc3)CC2)cc1. The summed E-state index contributed by atoms with van der Waals surface area (Å²) >= 11 is 0. The first kappa shape index (κ1) is 36.4. The number of nitrogens with zero attached hydrogens (tertiary/aromatic N) is 5. The van der Waals surface area contributed by atoms with E-state index in [1.54, 1.807) is 35.4 Å². The van der Waals surface area contributed by atoms with Crippen molar-refractivity contribution in [3.8, 4) is 11.3 Å². The predicted molar refractivity (Wildman–Crippen MR) is 182 cm³/mol. The molecule has 0 bridgehead atoms. The number of piperidine rings is 1. The maximum Gasteiger partial charge on any atom is 0.332 e. The summed E-state index contributed by atoms with van der Waals surface area (Å²) in [5.74, 6) is 0.152. The molecule has 0 spiro atoms. The van der Waals surface area contributed by atoms with Crippen LogP contribution in [0.15, 0.2) is 61.1 Å². The monoisotopic (exact) mass is 660 g/mol. The van der Waals surface area contributed by atoms with Gasteiger partial charge in [-0.2, -0.15) is 0 Å². The molecule has 0 radical (unpaired) electrons. The van der Waals surface area contributed by atoms with Crippen molar-refractivity contribution in [1.29, 1.82) is 0 Å². The lowest BCUT2D eigenvalue weighted by Gasteiger charge is -2.32. The Morgan fingerprint density at radius 2 is 1.75 bits per heavy atom. The van der Waals surface area contributed by atoms with E-state index in [1.165, 1.54) is 0 Å². The minimum atomic E-state index is -0.536. The highest BCUT2D eigenvalue weighted by molar-refractivity contribution is 5.94. The Morgan fingerprint density at radius 3 is 2.48 bits per heavy atom. The number of esters is 1. The number of carbonyl (C=O) groups excluding carboxylic acids is 3. The van der Waals surface area contributed by atoms with E-state index in [2.05, 4.69) is 20.6 Å². The number of amides is 2. The van der Waals surface area contributed by atoms with E-state index in [1.807, 2.05) is 62.1 Å². The Kier molecular flexibility index (Phi) is 14.3. The largest absolute Gasteiger partial charge is 0.458 e. The zero-order valence-corrected chi connectivity index (χ0v) is 28.3. The van der Waals surface area contributed by atoms with E-state index in [4.69, 9.17) is 14.2 Å². The van der Waals surface area contributed by atoms with Gasteiger partial charge in [0.05, 0.1) is 38.3 Å². The Bertz CT molecular complexity index is 1460. The molecule has 2 amide bonds. The number of carbonyl (C=O) groups is 3. The average Bonchev–Trinajstić information content (AvgIpc) is 3.55. The van der Waals surface area contributed by atoms with Gasteiger partial charge in [-0.15, -0.1) is 5.10 Å². The lowest BCUT2D eigenvalue weighted by atomic mass is 9.91. The number of hydrogen-bond acceptors (Lipinski definition) is 9. The molecule has 0 unspecified atom stereocenters. The van der Waals surface area contributed by atoms with E-state index in [-0.39, 0.29) is 25.0 Å². The molecule has 1 aromatic carbocycles. The number of unbranched alkanes of at least 4 members (excludes halogenated alkanes) is 1. The van der Waals surface area contributed by atoms with E-state index in [0.717, 1.165) is 62.0 Å². The van der Waals surface area contributed by atoms with E-state index >= 15 is 0 Å². The van der Waals surface area contributed by atoms with Crippen LogP contribution in [0.5, 0.6) is 0 Å². The Hall–Kier alpha value is -4.42. The number of ether oxygens (including phenoxy) is 3. The van der Waals surface area contributed by atoms with Crippen molar-refractivity contribution >= 4 is 23.9 Å². The summed E-state index contributed by atoms with van der Waals surface area (Å²) in [6.45, 7) is 9.01. The summed E-state index contributed by atoms with van der Waals surface area (Å²) in [5.41, 5.74) is 2.77. The highest BCUT2D eigenvalue weighted by atomic mass is 16.6. The van der Waals surface area contributed by atoms with Crippen LogP contribution in [0.3, 0.4) is 0 Å². The van der Waals surface area contributed by atoms with Gasteiger partial charge in [-0.3, -0.25) is 14.6 Å². The minimum absolute atomic E-state index is 0.0518. The molecule has 3 aromatic rings. The molecular formula is C36H48N6O6. The predicted octanol–water partition coefficient (Wildman–Crippen LogP) is 4.57. The van der Waals surface area contributed by atoms with Crippen molar-refractivity contribution in [2.24, 2.45) is 5.92 Å². The third-order valence-electron chi connectivity index (χ3n) is 7.86. The molecule has 2 aromatic heterocycles. The molecule has 4 rings (SSSR count). The van der Waals surface area contributed by atoms with Gasteiger partial charge in [-0.05, 0) is 75.8 Å². The zero-order valence-electron chi connectivity index (χ0n) is 28.3. The maximum absolute atomic E-state index is 13.2. The number of pyridine rings is 1. The van der Waals surface area contributed by atoms with Gasteiger partial charge in [-0.1, -0.05) is 36.3 Å². The third-order valence-corrected chi connectivity index (χ3v) is 7.86. The lowest BCUT2D eigenvalue weighted by Crippen LogP contribution is -2.38. The number of rotatable bonds is 17. The molecule has 12 heteroatoms. The van der Waals surface area contributed by atoms with Crippen molar-refractivity contribution in [1.82, 2.24) is 30.2 Å². The van der Waals surface area contributed by atoms with Crippen LogP contribution in [0.1, 0.15) is 68.8 Å². The molecule has 1 N–H and O–H groups in total. The molecule has 1 aliphatic heterocycles. The number of likely N-dealkylation sites (tertiary alicyclic amines) is 1. The molecule has 1 fully saturated rings. The zero-order chi connectivity index (χ0) is 34.2. The van der Waals surface area contributed by atoms with E-state index < -0.39 is 11.6 Å². The molecule has 48 heavy (non-hydrogen) atoms. The normalized spacial score (nSPS) is 13.9. The van der Waals surface area contributed by atoms with Gasteiger partial charge in [0.1, 0.15) is 12.2 Å². The number of nitrogens with one attached hydrogen (secondary N) is 1. The van der Waals surface area contributed by atoms with Crippen LogP contribution < -0.4 is 5.32 Å². The van der Waals surface area contributed by atoms with Gasteiger partial charge in [0, 0.05) is 49.2 Å². The molecule has 0 aliphatic carbocycles.